The highest BCUT2D eigenvalue weighted by molar-refractivity contribution is 6.31. The molecule has 0 amide bonds. The second-order valence-corrected chi connectivity index (χ2v) is 8.48. The second-order valence-electron chi connectivity index (χ2n) is 8.04. The van der Waals surface area contributed by atoms with Crippen molar-refractivity contribution in [1.82, 2.24) is 14.9 Å². The molecule has 2 aromatic carbocycles. The van der Waals surface area contributed by atoms with Gasteiger partial charge in [0.2, 0.25) is 0 Å². The number of nitrogens with one attached hydrogen (secondary N) is 1. The lowest BCUT2D eigenvalue weighted by atomic mass is 9.97. The molecule has 1 N–H and O–H groups in total. The first-order chi connectivity index (χ1) is 14.0. The van der Waals surface area contributed by atoms with Crippen LogP contribution < -0.4 is 4.74 Å². The number of hydrogen-bond acceptors (Lipinski definition) is 3. The van der Waals surface area contributed by atoms with Gasteiger partial charge in [-0.3, -0.25) is 0 Å². The van der Waals surface area contributed by atoms with Crippen molar-refractivity contribution in [3.8, 4) is 17.1 Å². The van der Waals surface area contributed by atoms with Crippen molar-refractivity contribution in [3.05, 3.63) is 58.8 Å². The van der Waals surface area contributed by atoms with Gasteiger partial charge in [-0.2, -0.15) is 0 Å². The summed E-state index contributed by atoms with van der Waals surface area (Å²) in [5.74, 6) is 2.47. The highest BCUT2D eigenvalue weighted by atomic mass is 35.5. The largest absolute Gasteiger partial charge is 0.494 e. The van der Waals surface area contributed by atoms with Crippen molar-refractivity contribution in [2.24, 2.45) is 5.92 Å². The molecular formula is C24H28ClN3O. The summed E-state index contributed by atoms with van der Waals surface area (Å²) in [6, 6.07) is 10.1. The van der Waals surface area contributed by atoms with Gasteiger partial charge in [0.25, 0.3) is 0 Å². The Morgan fingerprint density at radius 3 is 2.83 bits per heavy atom. The summed E-state index contributed by atoms with van der Waals surface area (Å²) >= 11 is 6.18. The predicted molar refractivity (Wildman–Crippen MR) is 121 cm³/mol. The Balaban J connectivity index is 1.39. The molecule has 0 spiro atoms. The van der Waals surface area contributed by atoms with Crippen LogP contribution in [0.3, 0.4) is 0 Å². The third kappa shape index (κ3) is 4.59. The maximum Gasteiger partial charge on any atom is 0.138 e. The van der Waals surface area contributed by atoms with Crippen LogP contribution in [0.1, 0.15) is 30.4 Å². The third-order valence-electron chi connectivity index (χ3n) is 5.65. The predicted octanol–water partition coefficient (Wildman–Crippen LogP) is 6.12. The Morgan fingerprint density at radius 2 is 2.07 bits per heavy atom. The number of H-pyrrole nitrogens is 1. The average Bonchev–Trinajstić information content (AvgIpc) is 3.11. The van der Waals surface area contributed by atoms with E-state index in [1.165, 1.54) is 12.8 Å². The number of allylic oxidation sites excluding steroid dienone is 1. The lowest BCUT2D eigenvalue weighted by Gasteiger charge is -2.24. The molecule has 29 heavy (non-hydrogen) atoms. The molecule has 3 aromatic rings. The zero-order valence-corrected chi connectivity index (χ0v) is 18.1. The Labute approximate surface area is 177 Å². The van der Waals surface area contributed by atoms with Crippen LogP contribution in [0.25, 0.3) is 22.4 Å². The lowest BCUT2D eigenvalue weighted by Crippen LogP contribution is -2.20. The van der Waals surface area contributed by atoms with Crippen molar-refractivity contribution in [3.63, 3.8) is 0 Å². The van der Waals surface area contributed by atoms with Gasteiger partial charge < -0.3 is 14.6 Å². The van der Waals surface area contributed by atoms with Crippen molar-refractivity contribution >= 4 is 22.6 Å². The molecule has 1 aliphatic rings. The number of nitrogens with zero attached hydrogens (tertiary/aromatic N) is 2. The number of fused-ring (bicyclic) bond motifs is 1. The minimum Gasteiger partial charge on any atom is -0.494 e. The minimum absolute atomic E-state index is 0.684. The highest BCUT2D eigenvalue weighted by Gasteiger charge is 2.12. The SMILES string of the molecule is Cc1cc(OCCCC2C=CN(C)CC2)ccc1-c1nc2c(C)cc(Cl)cc2[nH]1. The van der Waals surface area contributed by atoms with Gasteiger partial charge in [0.05, 0.1) is 17.6 Å². The summed E-state index contributed by atoms with van der Waals surface area (Å²) in [5, 5.41) is 0.724. The van der Waals surface area contributed by atoms with Gasteiger partial charge in [-0.25, -0.2) is 4.98 Å². The summed E-state index contributed by atoms with van der Waals surface area (Å²) in [5.41, 5.74) is 5.23. The fraction of sp³-hybridized carbons (Fsp3) is 0.375. The number of halogens is 1. The maximum absolute atomic E-state index is 6.18. The monoisotopic (exact) mass is 409 g/mol. The van der Waals surface area contributed by atoms with E-state index in [4.69, 9.17) is 21.3 Å². The summed E-state index contributed by atoms with van der Waals surface area (Å²) in [6.07, 6.45) is 8.02. The smallest absolute Gasteiger partial charge is 0.138 e. The standard InChI is InChI=1S/C24H28ClN3O/c1-16-14-20(29-12-4-5-18-8-10-28(3)11-9-18)6-7-21(16)24-26-22-15-19(25)13-17(2)23(22)27-24/h6-8,10,13-15,18H,4-5,9,11-12H2,1-3H3,(H,26,27). The Hall–Kier alpha value is -2.46. The summed E-state index contributed by atoms with van der Waals surface area (Å²) in [7, 11) is 2.13. The minimum atomic E-state index is 0.684. The van der Waals surface area contributed by atoms with Crippen LogP contribution in [0.15, 0.2) is 42.6 Å². The second kappa shape index (κ2) is 8.50. The molecule has 0 saturated carbocycles. The van der Waals surface area contributed by atoms with Crippen molar-refractivity contribution in [2.45, 2.75) is 33.1 Å². The first-order valence-corrected chi connectivity index (χ1v) is 10.7. The van der Waals surface area contributed by atoms with Crippen LogP contribution in [0, 0.1) is 19.8 Å². The summed E-state index contributed by atoms with van der Waals surface area (Å²) in [6.45, 7) is 6.03. The number of aromatic amines is 1. The normalized spacial score (nSPS) is 16.6. The van der Waals surface area contributed by atoms with Crippen LogP contribution >= 0.6 is 11.6 Å². The van der Waals surface area contributed by atoms with Crippen LogP contribution in [-0.2, 0) is 0 Å². The molecule has 5 heteroatoms. The highest BCUT2D eigenvalue weighted by Crippen LogP contribution is 2.29. The van der Waals surface area contributed by atoms with Crippen LogP contribution in [0.5, 0.6) is 5.75 Å². The maximum atomic E-state index is 6.18. The lowest BCUT2D eigenvalue weighted by molar-refractivity contribution is 0.287. The van der Waals surface area contributed by atoms with Crippen molar-refractivity contribution in [2.75, 3.05) is 20.2 Å². The number of aromatic nitrogens is 2. The molecule has 1 atom stereocenters. The van der Waals surface area contributed by atoms with E-state index in [1.54, 1.807) is 0 Å². The molecular weight excluding hydrogens is 382 g/mol. The first-order valence-electron chi connectivity index (χ1n) is 10.3. The topological polar surface area (TPSA) is 41.1 Å². The zero-order valence-electron chi connectivity index (χ0n) is 17.3. The fourth-order valence-electron chi connectivity index (χ4n) is 3.95. The van der Waals surface area contributed by atoms with E-state index in [1.807, 2.05) is 25.1 Å². The summed E-state index contributed by atoms with van der Waals surface area (Å²) < 4.78 is 6.00. The van der Waals surface area contributed by atoms with Gasteiger partial charge in [-0.15, -0.1) is 0 Å². The van der Waals surface area contributed by atoms with E-state index in [0.29, 0.717) is 5.92 Å². The van der Waals surface area contributed by atoms with E-state index < -0.39 is 0 Å². The fourth-order valence-corrected chi connectivity index (χ4v) is 4.22. The molecule has 2 heterocycles. The van der Waals surface area contributed by atoms with Gasteiger partial charge in [0.15, 0.2) is 0 Å². The van der Waals surface area contributed by atoms with Gasteiger partial charge >= 0.3 is 0 Å². The first kappa shape index (κ1) is 19.8. The number of benzene rings is 2. The van der Waals surface area contributed by atoms with Crippen LogP contribution in [0.2, 0.25) is 5.02 Å². The van der Waals surface area contributed by atoms with Gasteiger partial charge in [0.1, 0.15) is 11.6 Å². The number of ether oxygens (including phenoxy) is 1. The molecule has 1 unspecified atom stereocenters. The average molecular weight is 410 g/mol. The molecule has 0 fully saturated rings. The van der Waals surface area contributed by atoms with Gasteiger partial charge in [-0.05, 0) is 86.7 Å². The molecule has 4 nitrogen and oxygen atoms in total. The number of rotatable bonds is 6. The Bertz CT molecular complexity index is 1040. The summed E-state index contributed by atoms with van der Waals surface area (Å²) in [4.78, 5) is 10.4. The third-order valence-corrected chi connectivity index (χ3v) is 5.87. The van der Waals surface area contributed by atoms with Crippen LogP contribution in [0.4, 0.5) is 0 Å². The van der Waals surface area contributed by atoms with E-state index in [9.17, 15) is 0 Å². The van der Waals surface area contributed by atoms with E-state index >= 15 is 0 Å². The number of imidazole rings is 1. The quantitative estimate of drug-likeness (QED) is 0.498. The molecule has 4 rings (SSSR count). The van der Waals surface area contributed by atoms with Crippen molar-refractivity contribution < 1.29 is 4.74 Å². The van der Waals surface area contributed by atoms with E-state index in [0.717, 1.165) is 63.9 Å². The van der Waals surface area contributed by atoms with Gasteiger partial charge in [0, 0.05) is 24.2 Å². The molecule has 0 aliphatic carbocycles. The molecule has 152 valence electrons. The molecule has 1 aromatic heterocycles. The van der Waals surface area contributed by atoms with E-state index in [-0.39, 0.29) is 0 Å². The number of aryl methyl sites for hydroxylation is 2. The van der Waals surface area contributed by atoms with Crippen LogP contribution in [-0.4, -0.2) is 35.1 Å². The molecule has 0 bridgehead atoms. The molecule has 0 radical (unpaired) electrons. The molecule has 0 saturated heterocycles. The Morgan fingerprint density at radius 1 is 1.21 bits per heavy atom. The Kier molecular flexibility index (Phi) is 5.81. The molecule has 1 aliphatic heterocycles. The zero-order chi connectivity index (χ0) is 20.4. The van der Waals surface area contributed by atoms with E-state index in [2.05, 4.69) is 48.3 Å². The number of hydrogen-bond donors (Lipinski definition) is 1. The van der Waals surface area contributed by atoms with Crippen molar-refractivity contribution in [1.29, 1.82) is 0 Å². The van der Waals surface area contributed by atoms with Gasteiger partial charge in [-0.1, -0.05) is 17.7 Å².